The number of benzene rings is 1. The lowest BCUT2D eigenvalue weighted by atomic mass is 10.2. The minimum absolute atomic E-state index is 0. The monoisotopic (exact) mass is 495 g/mol. The quantitative estimate of drug-likeness (QED) is 0.321. The van der Waals surface area contributed by atoms with E-state index in [-0.39, 0.29) is 24.0 Å². The van der Waals surface area contributed by atoms with E-state index in [1.165, 1.54) is 9.75 Å². The number of hydrogen-bond donors (Lipinski definition) is 2. The number of guanidine groups is 1. The predicted octanol–water partition coefficient (Wildman–Crippen LogP) is 4.57. The molecule has 0 atom stereocenters. The zero-order chi connectivity index (χ0) is 18.1. The summed E-state index contributed by atoms with van der Waals surface area (Å²) in [6.07, 6.45) is -2.48. The third-order valence-electron chi connectivity index (χ3n) is 3.26. The Morgan fingerprint density at radius 2 is 2.04 bits per heavy atom. The summed E-state index contributed by atoms with van der Waals surface area (Å²) in [5.74, 6) is 1.15. The number of hydrogen-bond acceptors (Lipinski definition) is 3. The molecule has 144 valence electrons. The zero-order valence-electron chi connectivity index (χ0n) is 14.8. The smallest absolute Gasteiger partial charge is 0.272 e. The van der Waals surface area contributed by atoms with Gasteiger partial charge in [-0.3, -0.25) is 0 Å². The molecule has 0 saturated heterocycles. The van der Waals surface area contributed by atoms with Crippen LogP contribution in [0.25, 0.3) is 0 Å². The lowest BCUT2D eigenvalue weighted by Crippen LogP contribution is -2.36. The van der Waals surface area contributed by atoms with Crippen LogP contribution in [-0.2, 0) is 13.1 Å². The molecule has 0 aliphatic carbocycles. The summed E-state index contributed by atoms with van der Waals surface area (Å²) >= 11 is 1.75. The van der Waals surface area contributed by atoms with Gasteiger partial charge in [0.15, 0.2) is 5.96 Å². The average Bonchev–Trinajstić information content (AvgIpc) is 3.01. The van der Waals surface area contributed by atoms with Gasteiger partial charge in [-0.05, 0) is 43.7 Å². The Balaban J connectivity index is 0.00000338. The lowest BCUT2D eigenvalue weighted by molar-refractivity contribution is 0.0818. The van der Waals surface area contributed by atoms with Gasteiger partial charge in [0.25, 0.3) is 6.43 Å². The van der Waals surface area contributed by atoms with Gasteiger partial charge in [0.1, 0.15) is 12.4 Å². The van der Waals surface area contributed by atoms with E-state index in [4.69, 9.17) is 4.74 Å². The highest BCUT2D eigenvalue weighted by Crippen LogP contribution is 2.16. The topological polar surface area (TPSA) is 45.7 Å². The van der Waals surface area contributed by atoms with Crippen molar-refractivity contribution >= 4 is 41.3 Å². The SMILES string of the molecule is CCNC(=NCc1cccc(OCC(F)F)c1)NCc1ccc(C)s1.I. The molecule has 0 spiro atoms. The Hall–Kier alpha value is -1.42. The van der Waals surface area contributed by atoms with Crippen molar-refractivity contribution in [3.05, 3.63) is 51.7 Å². The van der Waals surface area contributed by atoms with Gasteiger partial charge < -0.3 is 15.4 Å². The molecule has 2 rings (SSSR count). The lowest BCUT2D eigenvalue weighted by Gasteiger charge is -2.11. The van der Waals surface area contributed by atoms with Crippen molar-refractivity contribution < 1.29 is 13.5 Å². The van der Waals surface area contributed by atoms with Crippen LogP contribution in [0.3, 0.4) is 0 Å². The first kappa shape index (κ1) is 22.6. The second-order valence-electron chi connectivity index (χ2n) is 5.41. The van der Waals surface area contributed by atoms with E-state index in [9.17, 15) is 8.78 Å². The van der Waals surface area contributed by atoms with Gasteiger partial charge in [0.2, 0.25) is 0 Å². The summed E-state index contributed by atoms with van der Waals surface area (Å²) in [4.78, 5) is 7.06. The largest absolute Gasteiger partial charge is 0.488 e. The highest BCUT2D eigenvalue weighted by atomic mass is 127. The summed E-state index contributed by atoms with van der Waals surface area (Å²) in [6, 6.07) is 11.3. The van der Waals surface area contributed by atoms with Crippen LogP contribution in [0.1, 0.15) is 22.2 Å². The molecule has 0 saturated carbocycles. The number of nitrogens with zero attached hydrogens (tertiary/aromatic N) is 1. The maximum atomic E-state index is 12.2. The summed E-state index contributed by atoms with van der Waals surface area (Å²) in [7, 11) is 0. The van der Waals surface area contributed by atoms with Crippen LogP contribution in [-0.4, -0.2) is 25.5 Å². The first-order valence-electron chi connectivity index (χ1n) is 8.14. The van der Waals surface area contributed by atoms with Gasteiger partial charge in [0, 0.05) is 16.3 Å². The van der Waals surface area contributed by atoms with Crippen molar-refractivity contribution in [3.8, 4) is 5.75 Å². The second kappa shape index (κ2) is 12.1. The van der Waals surface area contributed by atoms with Crippen molar-refractivity contribution in [2.45, 2.75) is 33.4 Å². The maximum absolute atomic E-state index is 12.2. The minimum Gasteiger partial charge on any atom is -0.488 e. The zero-order valence-corrected chi connectivity index (χ0v) is 17.9. The number of aryl methyl sites for hydroxylation is 1. The van der Waals surface area contributed by atoms with Crippen molar-refractivity contribution in [3.63, 3.8) is 0 Å². The van der Waals surface area contributed by atoms with Crippen LogP contribution in [0.4, 0.5) is 8.78 Å². The standard InChI is InChI=1S/C18H23F2N3OS.HI/c1-3-21-18(23-11-16-8-7-13(2)25-16)22-10-14-5-4-6-15(9-14)24-12-17(19)20;/h4-9,17H,3,10-12H2,1-2H3,(H2,21,22,23);1H. The molecule has 0 bridgehead atoms. The first-order valence-corrected chi connectivity index (χ1v) is 8.96. The molecule has 1 aromatic carbocycles. The fourth-order valence-corrected chi connectivity index (χ4v) is 2.99. The third-order valence-corrected chi connectivity index (χ3v) is 4.27. The molecule has 0 fully saturated rings. The number of ether oxygens (including phenoxy) is 1. The fourth-order valence-electron chi connectivity index (χ4n) is 2.16. The average molecular weight is 495 g/mol. The van der Waals surface area contributed by atoms with E-state index in [0.717, 1.165) is 12.1 Å². The van der Waals surface area contributed by atoms with Gasteiger partial charge in [-0.15, -0.1) is 35.3 Å². The predicted molar refractivity (Wildman–Crippen MR) is 114 cm³/mol. The van der Waals surface area contributed by atoms with Crippen molar-refractivity contribution in [2.24, 2.45) is 4.99 Å². The van der Waals surface area contributed by atoms with Gasteiger partial charge >= 0.3 is 0 Å². The molecule has 0 unspecified atom stereocenters. The Morgan fingerprint density at radius 3 is 2.69 bits per heavy atom. The molecular weight excluding hydrogens is 471 g/mol. The van der Waals surface area contributed by atoms with E-state index in [1.54, 1.807) is 29.5 Å². The minimum atomic E-state index is -2.48. The molecule has 26 heavy (non-hydrogen) atoms. The summed E-state index contributed by atoms with van der Waals surface area (Å²) < 4.78 is 29.5. The highest BCUT2D eigenvalue weighted by Gasteiger charge is 2.04. The van der Waals surface area contributed by atoms with Crippen LogP contribution < -0.4 is 15.4 Å². The molecule has 2 aromatic rings. The summed E-state index contributed by atoms with van der Waals surface area (Å²) in [6.45, 7) is 5.39. The number of alkyl halides is 2. The van der Waals surface area contributed by atoms with E-state index in [0.29, 0.717) is 24.8 Å². The molecule has 0 amide bonds. The molecule has 0 radical (unpaired) electrons. The van der Waals surface area contributed by atoms with Crippen LogP contribution in [0.2, 0.25) is 0 Å². The van der Waals surface area contributed by atoms with Crippen LogP contribution >= 0.6 is 35.3 Å². The second-order valence-corrected chi connectivity index (χ2v) is 6.78. The van der Waals surface area contributed by atoms with Gasteiger partial charge in [-0.2, -0.15) is 0 Å². The van der Waals surface area contributed by atoms with E-state index >= 15 is 0 Å². The first-order chi connectivity index (χ1) is 12.1. The Kier molecular flexibility index (Phi) is 10.5. The van der Waals surface area contributed by atoms with Gasteiger partial charge in [-0.1, -0.05) is 12.1 Å². The number of thiophene rings is 1. The summed E-state index contributed by atoms with van der Waals surface area (Å²) in [5, 5.41) is 6.49. The van der Waals surface area contributed by atoms with Crippen molar-refractivity contribution in [2.75, 3.05) is 13.2 Å². The Labute approximate surface area is 174 Å². The molecule has 0 aliphatic heterocycles. The molecule has 1 heterocycles. The molecule has 2 N–H and O–H groups in total. The molecule has 1 aromatic heterocycles. The van der Waals surface area contributed by atoms with E-state index < -0.39 is 13.0 Å². The third kappa shape index (κ3) is 8.31. The molecule has 8 heteroatoms. The molecule has 4 nitrogen and oxygen atoms in total. The van der Waals surface area contributed by atoms with E-state index in [1.807, 2.05) is 13.0 Å². The molecule has 0 aliphatic rings. The normalized spacial score (nSPS) is 11.2. The highest BCUT2D eigenvalue weighted by molar-refractivity contribution is 14.0. The van der Waals surface area contributed by atoms with Crippen LogP contribution in [0.15, 0.2) is 41.4 Å². The van der Waals surface area contributed by atoms with Gasteiger partial charge in [0.05, 0.1) is 13.1 Å². The Bertz CT molecular complexity index is 695. The van der Waals surface area contributed by atoms with Crippen molar-refractivity contribution in [1.82, 2.24) is 10.6 Å². The van der Waals surface area contributed by atoms with Crippen LogP contribution in [0, 0.1) is 6.92 Å². The maximum Gasteiger partial charge on any atom is 0.272 e. The van der Waals surface area contributed by atoms with E-state index in [2.05, 4.69) is 34.7 Å². The fraction of sp³-hybridized carbons (Fsp3) is 0.389. The van der Waals surface area contributed by atoms with Gasteiger partial charge in [-0.25, -0.2) is 13.8 Å². The van der Waals surface area contributed by atoms with Crippen LogP contribution in [0.5, 0.6) is 5.75 Å². The van der Waals surface area contributed by atoms with Crippen molar-refractivity contribution in [1.29, 1.82) is 0 Å². The number of rotatable bonds is 8. The number of nitrogens with one attached hydrogen (secondary N) is 2. The Morgan fingerprint density at radius 1 is 1.23 bits per heavy atom. The number of halogens is 3. The number of aliphatic imine (C=N–C) groups is 1. The molecular formula is C18H24F2IN3OS. The summed E-state index contributed by atoms with van der Waals surface area (Å²) in [5.41, 5.74) is 0.899.